The Balaban J connectivity index is -0.000000153. The molecule has 0 amide bonds. The van der Waals surface area contributed by atoms with Crippen LogP contribution in [0.3, 0.4) is 0 Å². The van der Waals surface area contributed by atoms with Gasteiger partial charge in [0.15, 0.2) is 0 Å². The number of rotatable bonds is 2. The molecule has 0 spiro atoms. The van der Waals surface area contributed by atoms with Gasteiger partial charge in [-0.3, -0.25) is 0 Å². The number of carboxylic acid groups (broad SMARTS) is 2. The lowest BCUT2D eigenvalue weighted by Gasteiger charge is -1.79. The van der Waals surface area contributed by atoms with Gasteiger partial charge in [-0.15, -0.1) is 0 Å². The fourth-order valence-electron chi connectivity index (χ4n) is 0. The molecule has 0 bridgehead atoms. The van der Waals surface area contributed by atoms with Crippen molar-refractivity contribution in [3.63, 3.8) is 0 Å². The molecule has 0 fully saturated rings. The van der Waals surface area contributed by atoms with E-state index in [0.29, 0.717) is 0 Å². The number of aliphatic carboxylic acids is 2. The maximum Gasteiger partial charge on any atom is 0.330 e. The molecule has 0 aromatic heterocycles. The second kappa shape index (κ2) is 12.8. The summed E-state index contributed by atoms with van der Waals surface area (Å²) in [5, 5.41) is 15.8. The largest absolute Gasteiger partial charge is 0.478 e. The zero-order valence-electron chi connectivity index (χ0n) is 9.28. The van der Waals surface area contributed by atoms with Crippen molar-refractivity contribution in [2.75, 3.05) is 5.75 Å². The summed E-state index contributed by atoms with van der Waals surface area (Å²) in [4.78, 5) is 19.2. The normalized spacial score (nSPS) is 7.20. The fourth-order valence-corrected chi connectivity index (χ4v) is 0. The summed E-state index contributed by atoms with van der Waals surface area (Å²) in [7, 11) is 0. The lowest BCUT2D eigenvalue weighted by molar-refractivity contribution is -0.133. The highest BCUT2D eigenvalue weighted by Crippen LogP contribution is 1.81. The van der Waals surface area contributed by atoms with Gasteiger partial charge in [-0.25, -0.2) is 9.59 Å². The smallest absolute Gasteiger partial charge is 0.330 e. The Labute approximate surface area is 95.7 Å². The van der Waals surface area contributed by atoms with Crippen LogP contribution in [-0.2, 0) is 9.59 Å². The van der Waals surface area contributed by atoms with Crippen LogP contribution < -0.4 is 0 Å². The van der Waals surface area contributed by atoms with E-state index in [9.17, 15) is 9.59 Å². The van der Waals surface area contributed by atoms with Crippen LogP contribution in [0.4, 0.5) is 0 Å². The Kier molecular flexibility index (Phi) is 16.5. The van der Waals surface area contributed by atoms with Gasteiger partial charge in [-0.05, 0) is 19.6 Å². The van der Waals surface area contributed by atoms with E-state index in [4.69, 9.17) is 10.2 Å². The molecule has 15 heavy (non-hydrogen) atoms. The lowest BCUT2D eigenvalue weighted by atomic mass is 10.4. The van der Waals surface area contributed by atoms with E-state index in [1.54, 1.807) is 0 Å². The van der Waals surface area contributed by atoms with Crippen LogP contribution in [0.25, 0.3) is 0 Å². The summed E-state index contributed by atoms with van der Waals surface area (Å²) in [6, 6.07) is 0. The van der Waals surface area contributed by atoms with Crippen molar-refractivity contribution < 1.29 is 19.8 Å². The molecule has 2 N–H and O–H groups in total. The van der Waals surface area contributed by atoms with Crippen LogP contribution in [0.1, 0.15) is 20.8 Å². The number of thiol groups is 1. The van der Waals surface area contributed by atoms with Gasteiger partial charge >= 0.3 is 11.9 Å². The minimum atomic E-state index is -0.935. The summed E-state index contributed by atoms with van der Waals surface area (Å²) < 4.78 is 0. The highest BCUT2D eigenvalue weighted by Gasteiger charge is 1.90. The molecule has 88 valence electrons. The van der Waals surface area contributed by atoms with Gasteiger partial charge in [-0.2, -0.15) is 12.6 Å². The van der Waals surface area contributed by atoms with Gasteiger partial charge < -0.3 is 10.2 Å². The van der Waals surface area contributed by atoms with Crippen LogP contribution in [0.15, 0.2) is 24.3 Å². The van der Waals surface area contributed by atoms with E-state index in [-0.39, 0.29) is 11.1 Å². The first-order valence-corrected chi connectivity index (χ1v) is 4.72. The van der Waals surface area contributed by atoms with Crippen molar-refractivity contribution in [3.8, 4) is 0 Å². The zero-order chi connectivity index (χ0) is 13.0. The molecule has 0 aliphatic heterocycles. The van der Waals surface area contributed by atoms with Crippen LogP contribution in [0.5, 0.6) is 0 Å². The second-order valence-electron chi connectivity index (χ2n) is 2.49. The molecule has 0 unspecified atom stereocenters. The maximum absolute atomic E-state index is 9.60. The quantitative estimate of drug-likeness (QED) is 0.506. The molecule has 0 saturated heterocycles. The molecule has 5 heteroatoms. The Bertz CT molecular complexity index is 186. The van der Waals surface area contributed by atoms with Gasteiger partial charge in [0.25, 0.3) is 0 Å². The van der Waals surface area contributed by atoms with E-state index in [1.165, 1.54) is 13.8 Å². The molecule has 0 aliphatic rings. The van der Waals surface area contributed by atoms with E-state index >= 15 is 0 Å². The molecule has 0 atom stereocenters. The maximum atomic E-state index is 9.60. The highest BCUT2D eigenvalue weighted by atomic mass is 32.1. The van der Waals surface area contributed by atoms with Crippen molar-refractivity contribution in [3.05, 3.63) is 24.3 Å². The minimum absolute atomic E-state index is 0.176. The molecular weight excluding hydrogens is 216 g/mol. The number of carboxylic acids is 2. The first-order chi connectivity index (χ1) is 6.70. The SMILES string of the molecule is C=C(C)C(=O)O.C=C(C)C(=O)O.CCS. The molecule has 0 rings (SSSR count). The Morgan fingerprint density at radius 2 is 1.13 bits per heavy atom. The number of carbonyl (C=O) groups is 2. The van der Waals surface area contributed by atoms with Crippen molar-refractivity contribution in [2.45, 2.75) is 20.8 Å². The topological polar surface area (TPSA) is 74.6 Å². The van der Waals surface area contributed by atoms with Gasteiger partial charge in [0.1, 0.15) is 0 Å². The zero-order valence-corrected chi connectivity index (χ0v) is 10.2. The summed E-state index contributed by atoms with van der Waals surface area (Å²) in [5.74, 6) is -0.926. The van der Waals surface area contributed by atoms with Gasteiger partial charge in [0.05, 0.1) is 0 Å². The van der Waals surface area contributed by atoms with Crippen LogP contribution in [0.2, 0.25) is 0 Å². The molecule has 0 radical (unpaired) electrons. The Hall–Kier alpha value is -1.23. The van der Waals surface area contributed by atoms with Crippen molar-refractivity contribution in [1.29, 1.82) is 0 Å². The van der Waals surface area contributed by atoms with Crippen LogP contribution in [-0.4, -0.2) is 27.9 Å². The first kappa shape index (κ1) is 19.4. The monoisotopic (exact) mass is 234 g/mol. The average Bonchev–Trinajstić information content (AvgIpc) is 2.06. The van der Waals surface area contributed by atoms with Gasteiger partial charge in [0, 0.05) is 11.1 Å². The lowest BCUT2D eigenvalue weighted by Crippen LogP contribution is -1.92. The third-order valence-electron chi connectivity index (χ3n) is 0.730. The molecule has 0 aromatic carbocycles. The molecule has 4 nitrogen and oxygen atoms in total. The van der Waals surface area contributed by atoms with Crippen molar-refractivity contribution in [1.82, 2.24) is 0 Å². The molecule has 0 aromatic rings. The molecular formula is C10H18O4S. The Morgan fingerprint density at radius 1 is 1.07 bits per heavy atom. The number of hydrogen-bond donors (Lipinski definition) is 3. The summed E-state index contributed by atoms with van der Waals surface area (Å²) in [6.45, 7) is 11.2. The summed E-state index contributed by atoms with van der Waals surface area (Å²) in [6.07, 6.45) is 0. The second-order valence-corrected chi connectivity index (χ2v) is 3.12. The van der Waals surface area contributed by atoms with E-state index in [1.807, 2.05) is 6.92 Å². The fraction of sp³-hybridized carbons (Fsp3) is 0.400. The molecule has 0 aliphatic carbocycles. The summed E-state index contributed by atoms with van der Waals surface area (Å²) >= 11 is 3.79. The Morgan fingerprint density at radius 3 is 1.13 bits per heavy atom. The van der Waals surface area contributed by atoms with Crippen LogP contribution >= 0.6 is 12.6 Å². The molecule has 0 heterocycles. The predicted molar refractivity (Wildman–Crippen MR) is 64.4 cm³/mol. The van der Waals surface area contributed by atoms with Gasteiger partial charge in [0.2, 0.25) is 0 Å². The van der Waals surface area contributed by atoms with E-state index < -0.39 is 11.9 Å². The molecule has 0 saturated carbocycles. The third kappa shape index (κ3) is 32.3. The summed E-state index contributed by atoms with van der Waals surface area (Å²) in [5.41, 5.74) is 0.352. The highest BCUT2D eigenvalue weighted by molar-refractivity contribution is 7.80. The third-order valence-corrected chi connectivity index (χ3v) is 0.730. The van der Waals surface area contributed by atoms with Crippen molar-refractivity contribution >= 4 is 24.6 Å². The predicted octanol–water partition coefficient (Wildman–Crippen LogP) is 2.23. The minimum Gasteiger partial charge on any atom is -0.478 e. The first-order valence-electron chi connectivity index (χ1n) is 4.09. The van der Waals surface area contributed by atoms with E-state index in [0.717, 1.165) is 5.75 Å². The van der Waals surface area contributed by atoms with E-state index in [2.05, 4.69) is 25.8 Å². The average molecular weight is 234 g/mol. The number of hydrogen-bond acceptors (Lipinski definition) is 3. The standard InChI is InChI=1S/2C4H6O2.C2H6S/c2*1-3(2)4(5)6;1-2-3/h2*1H2,2H3,(H,5,6);3H,2H2,1H3. The van der Waals surface area contributed by atoms with Crippen LogP contribution in [0, 0.1) is 0 Å². The van der Waals surface area contributed by atoms with Gasteiger partial charge in [-0.1, -0.05) is 20.1 Å². The van der Waals surface area contributed by atoms with Crippen molar-refractivity contribution in [2.24, 2.45) is 0 Å².